The Morgan fingerprint density at radius 2 is 1.70 bits per heavy atom. The number of benzene rings is 2. The molecule has 2 aromatic carbocycles. The summed E-state index contributed by atoms with van der Waals surface area (Å²) in [6.07, 6.45) is 0. The predicted molar refractivity (Wildman–Crippen MR) is 121 cm³/mol. The highest BCUT2D eigenvalue weighted by Crippen LogP contribution is 2.26. The Balaban J connectivity index is 2.00. The molecule has 0 radical (unpaired) electrons. The van der Waals surface area contributed by atoms with Crippen LogP contribution in [0.3, 0.4) is 0 Å². The number of likely N-dealkylation sites (N-methyl/N-ethyl adjacent to an activating group) is 1. The molecule has 1 heterocycles. The second kappa shape index (κ2) is 9.22. The van der Waals surface area contributed by atoms with E-state index in [9.17, 15) is 9.18 Å². The van der Waals surface area contributed by atoms with Gasteiger partial charge in [-0.05, 0) is 56.9 Å². The van der Waals surface area contributed by atoms with E-state index in [2.05, 4.69) is 19.1 Å². The van der Waals surface area contributed by atoms with Crippen LogP contribution in [-0.4, -0.2) is 62.0 Å². The zero-order chi connectivity index (χ0) is 21.8. The van der Waals surface area contributed by atoms with Crippen LogP contribution in [0, 0.1) is 12.7 Å². The molecule has 6 heteroatoms. The van der Waals surface area contributed by atoms with Crippen molar-refractivity contribution in [3.8, 4) is 0 Å². The molecular weight excluding hydrogens is 379 g/mol. The van der Waals surface area contributed by atoms with Gasteiger partial charge in [-0.3, -0.25) is 4.79 Å². The number of halogens is 1. The third-order valence-corrected chi connectivity index (χ3v) is 5.08. The van der Waals surface area contributed by atoms with E-state index in [1.807, 2.05) is 50.1 Å². The summed E-state index contributed by atoms with van der Waals surface area (Å²) in [7, 11) is 7.88. The van der Waals surface area contributed by atoms with Gasteiger partial charge in [0.15, 0.2) is 0 Å². The van der Waals surface area contributed by atoms with E-state index in [0.717, 1.165) is 34.4 Å². The fourth-order valence-electron chi connectivity index (χ4n) is 3.44. The molecule has 0 N–H and O–H groups in total. The highest BCUT2D eigenvalue weighted by atomic mass is 19.1. The number of anilines is 1. The summed E-state index contributed by atoms with van der Waals surface area (Å²) >= 11 is 0. The first-order valence-electron chi connectivity index (χ1n) is 10.0. The van der Waals surface area contributed by atoms with Crippen molar-refractivity contribution in [1.82, 2.24) is 14.8 Å². The summed E-state index contributed by atoms with van der Waals surface area (Å²) < 4.78 is 13.3. The topological polar surface area (TPSA) is 39.7 Å². The van der Waals surface area contributed by atoms with Gasteiger partial charge >= 0.3 is 0 Å². The predicted octanol–water partition coefficient (Wildman–Crippen LogP) is 3.95. The van der Waals surface area contributed by atoms with Crippen LogP contribution < -0.4 is 4.90 Å². The Labute approximate surface area is 177 Å². The highest BCUT2D eigenvalue weighted by molar-refractivity contribution is 5.94. The van der Waals surface area contributed by atoms with Crippen molar-refractivity contribution in [2.45, 2.75) is 13.5 Å². The number of hydrogen-bond acceptors (Lipinski definition) is 4. The van der Waals surface area contributed by atoms with E-state index in [-0.39, 0.29) is 11.7 Å². The minimum atomic E-state index is -0.351. The Morgan fingerprint density at radius 1 is 1.00 bits per heavy atom. The van der Waals surface area contributed by atoms with Crippen LogP contribution in [0.25, 0.3) is 10.9 Å². The van der Waals surface area contributed by atoms with Gasteiger partial charge in [0.1, 0.15) is 11.6 Å². The number of rotatable bonds is 7. The minimum Gasteiger partial charge on any atom is -0.362 e. The van der Waals surface area contributed by atoms with Gasteiger partial charge in [-0.1, -0.05) is 18.2 Å². The third-order valence-electron chi connectivity index (χ3n) is 5.08. The zero-order valence-electron chi connectivity index (χ0n) is 18.3. The smallest absolute Gasteiger partial charge is 0.254 e. The van der Waals surface area contributed by atoms with Crippen molar-refractivity contribution in [1.29, 1.82) is 0 Å². The van der Waals surface area contributed by atoms with Gasteiger partial charge in [0.2, 0.25) is 0 Å². The number of carbonyl (C=O) groups is 1. The normalized spacial score (nSPS) is 11.2. The monoisotopic (exact) mass is 408 g/mol. The van der Waals surface area contributed by atoms with E-state index in [0.29, 0.717) is 18.7 Å². The van der Waals surface area contributed by atoms with Crippen molar-refractivity contribution >= 4 is 22.6 Å². The maximum Gasteiger partial charge on any atom is 0.254 e. The molecule has 0 spiro atoms. The summed E-state index contributed by atoms with van der Waals surface area (Å²) in [5.74, 6) is 0.375. The van der Waals surface area contributed by atoms with Gasteiger partial charge in [0.05, 0.1) is 5.52 Å². The quantitative estimate of drug-likeness (QED) is 0.593. The first-order valence-corrected chi connectivity index (χ1v) is 10.0. The minimum absolute atomic E-state index is 0.120. The Bertz CT molecular complexity index is 1030. The number of aryl methyl sites for hydroxylation is 1. The zero-order valence-corrected chi connectivity index (χ0v) is 18.3. The van der Waals surface area contributed by atoms with E-state index < -0.39 is 0 Å². The Kier molecular flexibility index (Phi) is 6.67. The Hall–Kier alpha value is -2.99. The van der Waals surface area contributed by atoms with Crippen molar-refractivity contribution in [3.05, 3.63) is 71.0 Å². The molecule has 0 saturated heterocycles. The van der Waals surface area contributed by atoms with Crippen LogP contribution >= 0.6 is 0 Å². The number of fused-ring (bicyclic) bond motifs is 1. The van der Waals surface area contributed by atoms with Gasteiger partial charge in [-0.2, -0.15) is 0 Å². The molecule has 158 valence electrons. The molecule has 0 aliphatic heterocycles. The average molecular weight is 409 g/mol. The van der Waals surface area contributed by atoms with Gasteiger partial charge < -0.3 is 14.7 Å². The van der Waals surface area contributed by atoms with Gasteiger partial charge in [0.25, 0.3) is 5.91 Å². The molecule has 3 aromatic rings. The lowest BCUT2D eigenvalue weighted by Crippen LogP contribution is -2.36. The molecule has 0 bridgehead atoms. The molecule has 0 saturated carbocycles. The first-order chi connectivity index (χ1) is 14.3. The lowest BCUT2D eigenvalue weighted by molar-refractivity contribution is 0.0732. The third kappa shape index (κ3) is 4.94. The molecule has 0 fully saturated rings. The number of hydrogen-bond donors (Lipinski definition) is 0. The molecule has 0 aliphatic rings. The number of nitrogens with zero attached hydrogens (tertiary/aromatic N) is 4. The summed E-state index contributed by atoms with van der Waals surface area (Å²) in [5.41, 5.74) is 3.54. The molecule has 1 amide bonds. The average Bonchev–Trinajstić information content (AvgIpc) is 2.70. The Morgan fingerprint density at radius 3 is 2.33 bits per heavy atom. The summed E-state index contributed by atoms with van der Waals surface area (Å²) in [4.78, 5) is 23.9. The molecule has 0 aliphatic carbocycles. The van der Waals surface area contributed by atoms with Crippen LogP contribution in [0.5, 0.6) is 0 Å². The summed E-state index contributed by atoms with van der Waals surface area (Å²) in [6, 6.07) is 14.0. The molecule has 5 nitrogen and oxygen atoms in total. The number of pyridine rings is 1. The number of aromatic nitrogens is 1. The standard InChI is InChI=1S/C24H29FN4O/c1-17-7-6-8-19-15-20(23(28(4)5)26-22(17)19)16-29(14-13-27(2)3)24(30)18-9-11-21(25)12-10-18/h6-12,15H,13-14,16H2,1-5H3. The fraction of sp³-hybridized carbons (Fsp3) is 0.333. The number of carbonyl (C=O) groups excluding carboxylic acids is 1. The number of amides is 1. The molecular formula is C24H29FN4O. The summed E-state index contributed by atoms with van der Waals surface area (Å²) in [5, 5.41) is 1.05. The molecule has 30 heavy (non-hydrogen) atoms. The summed E-state index contributed by atoms with van der Waals surface area (Å²) in [6.45, 7) is 3.76. The van der Waals surface area contributed by atoms with Crippen molar-refractivity contribution < 1.29 is 9.18 Å². The molecule has 0 atom stereocenters. The maximum absolute atomic E-state index is 13.3. The van der Waals surface area contributed by atoms with Gasteiger partial charge in [0, 0.05) is 50.2 Å². The SMILES string of the molecule is Cc1cccc2cc(CN(CCN(C)C)C(=O)c3ccc(F)cc3)c(N(C)C)nc12. The molecule has 1 aromatic heterocycles. The van der Waals surface area contributed by atoms with Crippen molar-refractivity contribution in [2.75, 3.05) is 46.2 Å². The van der Waals surface area contributed by atoms with Crippen LogP contribution in [0.2, 0.25) is 0 Å². The van der Waals surface area contributed by atoms with E-state index in [1.54, 1.807) is 4.90 Å². The van der Waals surface area contributed by atoms with Gasteiger partial charge in [-0.25, -0.2) is 9.37 Å². The second-order valence-electron chi connectivity index (χ2n) is 8.05. The highest BCUT2D eigenvalue weighted by Gasteiger charge is 2.20. The number of para-hydroxylation sites is 1. The van der Waals surface area contributed by atoms with E-state index in [4.69, 9.17) is 4.98 Å². The lowest BCUT2D eigenvalue weighted by Gasteiger charge is -2.27. The van der Waals surface area contributed by atoms with Crippen LogP contribution in [0.4, 0.5) is 10.2 Å². The fourth-order valence-corrected chi connectivity index (χ4v) is 3.44. The first kappa shape index (κ1) is 21.7. The van der Waals surface area contributed by atoms with Crippen LogP contribution in [-0.2, 0) is 6.54 Å². The second-order valence-corrected chi connectivity index (χ2v) is 8.05. The molecule has 3 rings (SSSR count). The molecule has 0 unspecified atom stereocenters. The van der Waals surface area contributed by atoms with Crippen LogP contribution in [0.1, 0.15) is 21.5 Å². The lowest BCUT2D eigenvalue weighted by atomic mass is 10.1. The van der Waals surface area contributed by atoms with E-state index >= 15 is 0 Å². The van der Waals surface area contributed by atoms with Crippen molar-refractivity contribution in [3.63, 3.8) is 0 Å². The maximum atomic E-state index is 13.3. The van der Waals surface area contributed by atoms with Crippen LogP contribution in [0.15, 0.2) is 48.5 Å². The van der Waals surface area contributed by atoms with Gasteiger partial charge in [-0.15, -0.1) is 0 Å². The largest absolute Gasteiger partial charge is 0.362 e. The van der Waals surface area contributed by atoms with E-state index in [1.165, 1.54) is 24.3 Å². The van der Waals surface area contributed by atoms with Crippen molar-refractivity contribution in [2.24, 2.45) is 0 Å².